The van der Waals surface area contributed by atoms with E-state index in [1.165, 1.54) is 12.1 Å². The second-order valence-corrected chi connectivity index (χ2v) is 28.8. The number of amidine groups is 2. The largest absolute Gasteiger partial charge is 0.340 e. The van der Waals surface area contributed by atoms with Crippen molar-refractivity contribution in [3.8, 4) is 0 Å². The Balaban J connectivity index is 1.06. The summed E-state index contributed by atoms with van der Waals surface area (Å²) >= 11 is 12.2. The van der Waals surface area contributed by atoms with E-state index < -0.39 is 165 Å². The van der Waals surface area contributed by atoms with Crippen LogP contribution in [0.2, 0.25) is 0 Å². The van der Waals surface area contributed by atoms with Gasteiger partial charge in [-0.15, -0.1) is 19.5 Å². The third-order valence-corrected chi connectivity index (χ3v) is 18.5. The van der Waals surface area contributed by atoms with Gasteiger partial charge in [-0.3, -0.25) is 47.3 Å². The normalized spacial score (nSPS) is 15.0. The molecule has 0 bridgehead atoms. The molecule has 0 atom stereocenters. The van der Waals surface area contributed by atoms with Crippen molar-refractivity contribution in [1.82, 2.24) is 20.1 Å². The summed E-state index contributed by atoms with van der Waals surface area (Å²) < 4.78 is 278. The molecule has 84 heavy (non-hydrogen) atoms. The number of nitrogens with zero attached hydrogens (tertiary/aromatic N) is 4. The average molecular weight is 1360 g/mol. The third kappa shape index (κ3) is 14.4. The molecule has 0 aliphatic carbocycles. The molecule has 0 fully saturated rings. The minimum atomic E-state index is -5.30. The average Bonchev–Trinajstić information content (AvgIpc) is 0.995. The number of benzene rings is 6. The predicted molar refractivity (Wildman–Crippen MR) is 295 cm³/mol. The first kappa shape index (κ1) is 62.7. The van der Waals surface area contributed by atoms with E-state index in [1.54, 1.807) is 0 Å². The molecule has 0 saturated heterocycles. The van der Waals surface area contributed by atoms with Gasteiger partial charge in [-0.05, 0) is 94.7 Å². The molecule has 2 aliphatic rings. The van der Waals surface area contributed by atoms with E-state index in [-0.39, 0.29) is 34.1 Å². The smallest absolute Gasteiger partial charge is 0.296 e. The summed E-state index contributed by atoms with van der Waals surface area (Å²) in [6.07, 6.45) is 4.11. The molecular formula is C40H32Cl2N10O24S8. The monoisotopic (exact) mass is 1360 g/mol. The second kappa shape index (κ2) is 21.9. The van der Waals surface area contributed by atoms with E-state index in [4.69, 9.17) is 23.6 Å². The molecule has 0 saturated carbocycles. The van der Waals surface area contributed by atoms with Crippen LogP contribution in [-0.2, 0) is 80.9 Å². The van der Waals surface area contributed by atoms with Crippen LogP contribution in [-0.4, -0.2) is 125 Å². The lowest BCUT2D eigenvalue weighted by molar-refractivity contribution is 0.394. The van der Waals surface area contributed by atoms with Gasteiger partial charge in [0.05, 0.1) is 44.7 Å². The number of halogens is 2. The lowest BCUT2D eigenvalue weighted by Crippen LogP contribution is -2.35. The van der Waals surface area contributed by atoms with Gasteiger partial charge in [0.25, 0.3) is 80.9 Å². The number of hydrazine groups is 2. The molecular weight excluding hydrogens is 1330 g/mol. The zero-order chi connectivity index (χ0) is 62.2. The zero-order valence-electron chi connectivity index (χ0n) is 40.3. The first-order valence-electron chi connectivity index (χ1n) is 21.6. The number of hydrogen-bond donors (Lipinski definition) is 14. The number of fused-ring (bicyclic) bond motifs is 2. The SMILES string of the molecule is O=S(=O)(O)c1cc(S(=O)(=O)O)c2cc(NC3=NN(Cl)NC(Nc4ccc(C=Cc5ccc(NC6=CC(Nc7cc8c(S(=O)(=O)O)cc(S(=O)(=O)O)cc8cc7S(=O)(=O)O)=NN(Cl)N6)cc5S(=O)(=O)O)c(S(=O)(=O)O)c4)=C3)c(S(=O)(=O)O)cc2c1. The lowest BCUT2D eigenvalue weighted by Gasteiger charge is -2.23. The van der Waals surface area contributed by atoms with E-state index in [2.05, 4.69) is 42.3 Å². The quantitative estimate of drug-likeness (QED) is 0.0375. The highest BCUT2D eigenvalue weighted by Crippen LogP contribution is 2.37. The van der Waals surface area contributed by atoms with E-state index in [1.807, 2.05) is 0 Å². The Morgan fingerprint density at radius 2 is 0.702 bits per heavy atom. The highest BCUT2D eigenvalue weighted by molar-refractivity contribution is 7.88. The van der Waals surface area contributed by atoms with Crippen LogP contribution in [0.3, 0.4) is 0 Å². The fourth-order valence-corrected chi connectivity index (χ4v) is 13.6. The molecule has 0 unspecified atom stereocenters. The van der Waals surface area contributed by atoms with Crippen molar-refractivity contribution in [2.75, 3.05) is 21.3 Å². The molecule has 6 aromatic carbocycles. The van der Waals surface area contributed by atoms with Crippen LogP contribution in [0.5, 0.6) is 0 Å². The third-order valence-electron chi connectivity index (χ3n) is 11.2. The van der Waals surface area contributed by atoms with Crippen molar-refractivity contribution in [3.05, 3.63) is 120 Å². The molecule has 14 N–H and O–H groups in total. The van der Waals surface area contributed by atoms with Crippen molar-refractivity contribution < 1.29 is 104 Å². The van der Waals surface area contributed by atoms with Crippen LogP contribution >= 0.6 is 23.6 Å². The van der Waals surface area contributed by atoms with Gasteiger partial charge in [0.15, 0.2) is 11.7 Å². The summed E-state index contributed by atoms with van der Waals surface area (Å²) in [5.41, 5.74) is 2.70. The second-order valence-electron chi connectivity index (χ2n) is 17.0. The van der Waals surface area contributed by atoms with Gasteiger partial charge in [-0.25, -0.2) is 0 Å². The summed E-state index contributed by atoms with van der Waals surface area (Å²) in [5.74, 6) is -1.27. The Kier molecular flexibility index (Phi) is 16.4. The summed E-state index contributed by atoms with van der Waals surface area (Å²) in [7, 11) is -41.8. The standard InChI is InChI=1S/C40H32Cl2N10O24S8/c41-51-47-37(17-39(49-51)45-29-15-27-21(9-35(29)83(71,72)73)7-25(77(53,54)55)13-33(27)81(65,66)67)43-23-5-3-19(31(11-23)79(59,60)61)1-2-20-4-6-24(12-32(20)80(62,63)64)44-38-18-40(50-52(42)48-38)46-30-16-28-22(10-36(30)84(74,75)76)8-26(78(56,57)58)14-34(28)82(68,69)70/h1-18,43-44,47-48H,(H,45,49)(H,46,50)(H,53,54,55)(H,56,57,58)(H,59,60,61)(H,62,63,64)(H,65,66,67)(H,68,69,70)(H,71,72,73)(H,74,75,76). The Morgan fingerprint density at radius 3 is 1.00 bits per heavy atom. The molecule has 0 spiro atoms. The van der Waals surface area contributed by atoms with Gasteiger partial charge in [-0.2, -0.15) is 67.3 Å². The van der Waals surface area contributed by atoms with Crippen LogP contribution in [0.1, 0.15) is 11.1 Å². The van der Waals surface area contributed by atoms with E-state index in [0.717, 1.165) is 60.7 Å². The minimum absolute atomic E-state index is 0.153. The number of nitrogens with one attached hydrogen (secondary N) is 6. The summed E-state index contributed by atoms with van der Waals surface area (Å²) in [6.45, 7) is 0. The maximum Gasteiger partial charge on any atom is 0.296 e. The van der Waals surface area contributed by atoms with Gasteiger partial charge in [-0.1, -0.05) is 24.3 Å². The first-order chi connectivity index (χ1) is 38.4. The van der Waals surface area contributed by atoms with E-state index >= 15 is 0 Å². The molecule has 0 radical (unpaired) electrons. The fourth-order valence-electron chi connectivity index (χ4n) is 7.80. The summed E-state index contributed by atoms with van der Waals surface area (Å²) in [6, 6.07) is 11.1. The van der Waals surface area contributed by atoms with Gasteiger partial charge in [0.1, 0.15) is 41.0 Å². The van der Waals surface area contributed by atoms with Gasteiger partial charge < -0.3 is 21.3 Å². The Morgan fingerprint density at radius 1 is 0.381 bits per heavy atom. The molecule has 448 valence electrons. The first-order valence-corrected chi connectivity index (χ1v) is 33.7. The van der Waals surface area contributed by atoms with Gasteiger partial charge in [0, 0.05) is 34.3 Å². The molecule has 0 aromatic heterocycles. The fraction of sp³-hybridized carbons (Fsp3) is 0. The van der Waals surface area contributed by atoms with E-state index in [0.29, 0.717) is 45.7 Å². The molecule has 8 rings (SSSR count). The number of rotatable bonds is 16. The van der Waals surface area contributed by atoms with Gasteiger partial charge >= 0.3 is 0 Å². The van der Waals surface area contributed by atoms with Crippen molar-refractivity contribution in [1.29, 1.82) is 0 Å². The molecule has 2 heterocycles. The molecule has 0 amide bonds. The zero-order valence-corrected chi connectivity index (χ0v) is 48.4. The Hall–Kier alpha value is -7.34. The highest BCUT2D eigenvalue weighted by Gasteiger charge is 2.29. The van der Waals surface area contributed by atoms with Crippen molar-refractivity contribution in [2.45, 2.75) is 39.2 Å². The van der Waals surface area contributed by atoms with Crippen LogP contribution in [0, 0.1) is 0 Å². The molecule has 2 aliphatic heterocycles. The number of anilines is 4. The Bertz CT molecular complexity index is 4700. The number of hydrazone groups is 2. The van der Waals surface area contributed by atoms with Crippen LogP contribution < -0.4 is 32.1 Å². The number of hydrogen-bond acceptors (Lipinski definition) is 26. The topological polar surface area (TPSA) is 538 Å². The molecule has 34 nitrogen and oxygen atoms in total. The van der Waals surface area contributed by atoms with Crippen molar-refractivity contribution >= 4 is 173 Å². The molecule has 44 heteroatoms. The van der Waals surface area contributed by atoms with Crippen LogP contribution in [0.25, 0.3) is 33.7 Å². The van der Waals surface area contributed by atoms with Crippen molar-refractivity contribution in [2.24, 2.45) is 10.2 Å². The predicted octanol–water partition coefficient (Wildman–Crippen LogP) is 3.44. The highest BCUT2D eigenvalue weighted by atomic mass is 35.5. The maximum absolute atomic E-state index is 12.8. The van der Waals surface area contributed by atoms with Gasteiger partial charge in [0.2, 0.25) is 0 Å². The van der Waals surface area contributed by atoms with E-state index in [9.17, 15) is 104 Å². The summed E-state index contributed by atoms with van der Waals surface area (Å²) in [4.78, 5) is -8.11. The Labute approximate surface area is 483 Å². The molecule has 6 aromatic rings. The summed E-state index contributed by atoms with van der Waals surface area (Å²) in [5, 5.41) is 15.9. The van der Waals surface area contributed by atoms with Crippen LogP contribution in [0.4, 0.5) is 22.7 Å². The van der Waals surface area contributed by atoms with Crippen molar-refractivity contribution in [3.63, 3.8) is 0 Å². The lowest BCUT2D eigenvalue weighted by atomic mass is 10.1. The minimum Gasteiger partial charge on any atom is -0.340 e. The van der Waals surface area contributed by atoms with Crippen LogP contribution in [0.15, 0.2) is 158 Å². The maximum atomic E-state index is 12.8.